The number of hydrogen-bond acceptors (Lipinski definition) is 4. The summed E-state index contributed by atoms with van der Waals surface area (Å²) in [5, 5.41) is 6.53. The van der Waals surface area contributed by atoms with Gasteiger partial charge in [0.25, 0.3) is 0 Å². The predicted octanol–water partition coefficient (Wildman–Crippen LogP) is 5.51. The molecule has 0 aliphatic heterocycles. The maximum atomic E-state index is 12.8. The van der Waals surface area contributed by atoms with Crippen LogP contribution in [0.5, 0.6) is 5.75 Å². The van der Waals surface area contributed by atoms with E-state index in [9.17, 15) is 18.0 Å². The van der Waals surface area contributed by atoms with Gasteiger partial charge in [-0.05, 0) is 47.7 Å². The van der Waals surface area contributed by atoms with Gasteiger partial charge in [0.05, 0.1) is 12.1 Å². The van der Waals surface area contributed by atoms with Crippen LogP contribution in [0.25, 0.3) is 0 Å². The Hall–Kier alpha value is -3.10. The van der Waals surface area contributed by atoms with E-state index >= 15 is 0 Å². The Morgan fingerprint density at radius 1 is 1.09 bits per heavy atom. The number of carbonyl (C=O) groups is 1. The molecule has 0 bridgehead atoms. The number of carbonyl (C=O) groups excluding carboxylic acids is 1. The van der Waals surface area contributed by atoms with E-state index in [4.69, 9.17) is 16.3 Å². The first kappa shape index (κ1) is 25.5. The van der Waals surface area contributed by atoms with Crippen LogP contribution in [0.15, 0.2) is 66.9 Å². The summed E-state index contributed by atoms with van der Waals surface area (Å²) in [4.78, 5) is 16.3. The van der Waals surface area contributed by atoms with Crippen LogP contribution in [0.1, 0.15) is 40.9 Å². The van der Waals surface area contributed by atoms with Crippen molar-refractivity contribution in [3.63, 3.8) is 0 Å². The Labute approximate surface area is 201 Å². The Bertz CT molecular complexity index is 1090. The van der Waals surface area contributed by atoms with Crippen molar-refractivity contribution >= 4 is 17.5 Å². The minimum atomic E-state index is -4.49. The number of aromatic nitrogens is 1. The van der Waals surface area contributed by atoms with E-state index in [1.807, 2.05) is 36.4 Å². The Morgan fingerprint density at radius 2 is 1.82 bits per heavy atom. The number of amides is 1. The van der Waals surface area contributed by atoms with Gasteiger partial charge in [0.2, 0.25) is 5.91 Å². The lowest BCUT2D eigenvalue weighted by Crippen LogP contribution is -2.38. The molecule has 0 saturated heterocycles. The molecule has 2 atom stereocenters. The van der Waals surface area contributed by atoms with Gasteiger partial charge in [0.1, 0.15) is 17.5 Å². The second kappa shape index (κ2) is 11.4. The summed E-state index contributed by atoms with van der Waals surface area (Å²) in [6.45, 7) is 0. The highest BCUT2D eigenvalue weighted by molar-refractivity contribution is 6.32. The van der Waals surface area contributed by atoms with Gasteiger partial charge < -0.3 is 10.1 Å². The third-order valence-corrected chi connectivity index (χ3v) is 5.74. The lowest BCUT2D eigenvalue weighted by molar-refractivity contribution is -0.141. The van der Waals surface area contributed by atoms with E-state index in [1.54, 1.807) is 19.2 Å². The normalized spacial score (nSPS) is 13.2. The van der Waals surface area contributed by atoms with Crippen molar-refractivity contribution < 1.29 is 22.7 Å². The number of pyridine rings is 1. The Morgan fingerprint density at radius 3 is 2.41 bits per heavy atom. The molecule has 0 spiro atoms. The van der Waals surface area contributed by atoms with Gasteiger partial charge in [-0.25, -0.2) is 0 Å². The van der Waals surface area contributed by atoms with Crippen LogP contribution < -0.4 is 15.4 Å². The fraction of sp³-hybridized carbons (Fsp3) is 0.280. The average Bonchev–Trinajstić information content (AvgIpc) is 2.84. The van der Waals surface area contributed by atoms with Crippen molar-refractivity contribution in [1.82, 2.24) is 15.6 Å². The van der Waals surface area contributed by atoms with E-state index in [-0.39, 0.29) is 11.9 Å². The molecule has 0 aliphatic rings. The lowest BCUT2D eigenvalue weighted by Gasteiger charge is -2.26. The maximum absolute atomic E-state index is 12.8. The van der Waals surface area contributed by atoms with E-state index < -0.39 is 17.9 Å². The largest absolute Gasteiger partial charge is 0.495 e. The molecule has 1 heterocycles. The van der Waals surface area contributed by atoms with Crippen molar-refractivity contribution in [2.24, 2.45) is 0 Å². The summed E-state index contributed by atoms with van der Waals surface area (Å²) in [6, 6.07) is 16.0. The quantitative estimate of drug-likeness (QED) is 0.414. The van der Waals surface area contributed by atoms with Gasteiger partial charge in [-0.1, -0.05) is 54.1 Å². The summed E-state index contributed by atoms with van der Waals surface area (Å²) >= 11 is 6.19. The minimum absolute atomic E-state index is 0.215. The second-order valence-corrected chi connectivity index (χ2v) is 8.07. The van der Waals surface area contributed by atoms with Gasteiger partial charge >= 0.3 is 6.18 Å². The molecule has 1 aromatic heterocycles. The molecule has 34 heavy (non-hydrogen) atoms. The minimum Gasteiger partial charge on any atom is -0.495 e. The number of benzene rings is 2. The predicted molar refractivity (Wildman–Crippen MR) is 125 cm³/mol. The number of hydrogen-bond donors (Lipinski definition) is 2. The Balaban J connectivity index is 1.89. The van der Waals surface area contributed by atoms with Crippen LogP contribution in [-0.4, -0.2) is 25.0 Å². The standard InChI is InChI=1S/C25H25ClF3N3O2/c1-30-24(33)23(17-6-4-3-5-7-17)32-20(18-10-11-19(26)21(14-18)34-2)12-8-16-9-13-22(31-15-16)25(27,28)29/h3-7,9-11,13-15,20,23,32H,8,12H2,1-2H3,(H,30,33)/t20-,23-/m1/s1. The Kier molecular flexibility index (Phi) is 8.52. The van der Waals surface area contributed by atoms with Crippen LogP contribution >= 0.6 is 11.6 Å². The summed E-state index contributed by atoms with van der Waals surface area (Å²) < 4.78 is 43.9. The third-order valence-electron chi connectivity index (χ3n) is 5.42. The molecule has 0 saturated carbocycles. The zero-order valence-corrected chi connectivity index (χ0v) is 19.5. The van der Waals surface area contributed by atoms with Crippen LogP contribution in [0.2, 0.25) is 5.02 Å². The topological polar surface area (TPSA) is 63.2 Å². The second-order valence-electron chi connectivity index (χ2n) is 7.66. The maximum Gasteiger partial charge on any atom is 0.433 e. The molecule has 2 aromatic carbocycles. The van der Waals surface area contributed by atoms with Gasteiger partial charge in [-0.3, -0.25) is 15.1 Å². The van der Waals surface area contributed by atoms with Crippen LogP contribution in [-0.2, 0) is 17.4 Å². The fourth-order valence-electron chi connectivity index (χ4n) is 3.60. The van der Waals surface area contributed by atoms with E-state index in [0.717, 1.165) is 17.2 Å². The number of alkyl halides is 3. The smallest absolute Gasteiger partial charge is 0.433 e. The van der Waals surface area contributed by atoms with Crippen LogP contribution in [0, 0.1) is 0 Å². The molecule has 1 amide bonds. The first-order valence-corrected chi connectivity index (χ1v) is 11.0. The molecule has 0 fully saturated rings. The summed E-state index contributed by atoms with van der Waals surface area (Å²) in [6.07, 6.45) is -2.34. The van der Waals surface area contributed by atoms with Crippen LogP contribution in [0.3, 0.4) is 0 Å². The summed E-state index contributed by atoms with van der Waals surface area (Å²) in [5.41, 5.74) is 1.32. The van der Waals surface area contributed by atoms with E-state index in [0.29, 0.717) is 29.2 Å². The number of aryl methyl sites for hydroxylation is 1. The third kappa shape index (κ3) is 6.48. The number of halogens is 4. The van der Waals surface area contributed by atoms with Crippen molar-refractivity contribution in [3.05, 3.63) is 94.3 Å². The molecular formula is C25H25ClF3N3O2. The summed E-state index contributed by atoms with van der Waals surface area (Å²) in [5.74, 6) is 0.270. The zero-order chi connectivity index (χ0) is 24.7. The number of ether oxygens (including phenoxy) is 1. The number of nitrogens with one attached hydrogen (secondary N) is 2. The van der Waals surface area contributed by atoms with Crippen molar-refractivity contribution in [2.45, 2.75) is 31.1 Å². The average molecular weight is 492 g/mol. The molecule has 180 valence electrons. The van der Waals surface area contributed by atoms with Crippen LogP contribution in [0.4, 0.5) is 13.2 Å². The van der Waals surface area contributed by atoms with E-state index in [2.05, 4.69) is 15.6 Å². The molecule has 3 aromatic rings. The highest BCUT2D eigenvalue weighted by Gasteiger charge is 2.32. The molecule has 5 nitrogen and oxygen atoms in total. The lowest BCUT2D eigenvalue weighted by atomic mass is 9.96. The number of likely N-dealkylation sites (N-methyl/N-ethyl adjacent to an activating group) is 1. The van der Waals surface area contributed by atoms with Gasteiger partial charge in [-0.2, -0.15) is 13.2 Å². The number of rotatable bonds is 9. The molecular weight excluding hydrogens is 467 g/mol. The van der Waals surface area contributed by atoms with Gasteiger partial charge in [0.15, 0.2) is 0 Å². The highest BCUT2D eigenvalue weighted by atomic mass is 35.5. The van der Waals surface area contributed by atoms with Gasteiger partial charge in [-0.15, -0.1) is 0 Å². The molecule has 3 rings (SSSR count). The fourth-order valence-corrected chi connectivity index (χ4v) is 3.80. The van der Waals surface area contributed by atoms with Crippen molar-refractivity contribution in [3.8, 4) is 5.75 Å². The SMILES string of the molecule is CNC(=O)[C@H](N[C@H](CCc1ccc(C(F)(F)F)nc1)c1ccc(Cl)c(OC)c1)c1ccccc1. The zero-order valence-electron chi connectivity index (χ0n) is 18.7. The molecule has 9 heteroatoms. The molecule has 0 aliphatic carbocycles. The van der Waals surface area contributed by atoms with Crippen molar-refractivity contribution in [1.29, 1.82) is 0 Å². The molecule has 2 N–H and O–H groups in total. The number of nitrogens with zero attached hydrogens (tertiary/aromatic N) is 1. The first-order chi connectivity index (χ1) is 16.2. The number of methoxy groups -OCH3 is 1. The highest BCUT2D eigenvalue weighted by Crippen LogP contribution is 2.32. The van der Waals surface area contributed by atoms with Gasteiger partial charge in [0, 0.05) is 19.3 Å². The first-order valence-electron chi connectivity index (χ1n) is 10.6. The monoisotopic (exact) mass is 491 g/mol. The summed E-state index contributed by atoms with van der Waals surface area (Å²) in [7, 11) is 3.08. The van der Waals surface area contributed by atoms with Crippen molar-refractivity contribution in [2.75, 3.05) is 14.2 Å². The molecule has 0 radical (unpaired) electrons. The molecule has 0 unspecified atom stereocenters. The van der Waals surface area contributed by atoms with E-state index in [1.165, 1.54) is 19.4 Å².